The van der Waals surface area contributed by atoms with E-state index in [9.17, 15) is 5.11 Å². The van der Waals surface area contributed by atoms with Gasteiger partial charge < -0.3 is 5.11 Å². The zero-order valence-electron chi connectivity index (χ0n) is 10.2. The Balaban J connectivity index is 2.39. The summed E-state index contributed by atoms with van der Waals surface area (Å²) in [5, 5.41) is 9.97. The molecule has 0 aliphatic carbocycles. The van der Waals surface area contributed by atoms with Crippen molar-refractivity contribution in [3.63, 3.8) is 0 Å². The number of rotatable bonds is 7. The predicted molar refractivity (Wildman–Crippen MR) is 71.9 cm³/mol. The summed E-state index contributed by atoms with van der Waals surface area (Å²) < 4.78 is 0. The summed E-state index contributed by atoms with van der Waals surface area (Å²) >= 11 is 1.85. The summed E-state index contributed by atoms with van der Waals surface area (Å²) in [5.41, 5.74) is 0. The van der Waals surface area contributed by atoms with E-state index >= 15 is 0 Å². The summed E-state index contributed by atoms with van der Waals surface area (Å²) in [6.07, 6.45) is 2.91. The third-order valence-corrected chi connectivity index (χ3v) is 4.06. The van der Waals surface area contributed by atoms with Crippen molar-refractivity contribution >= 4 is 11.8 Å². The molecule has 1 aromatic carbocycles. The van der Waals surface area contributed by atoms with Crippen LogP contribution in [-0.4, -0.2) is 17.0 Å². The van der Waals surface area contributed by atoms with E-state index in [0.717, 1.165) is 25.0 Å². The van der Waals surface area contributed by atoms with Gasteiger partial charge in [0.2, 0.25) is 0 Å². The highest BCUT2D eigenvalue weighted by Crippen LogP contribution is 2.24. The minimum Gasteiger partial charge on any atom is -0.393 e. The molecule has 0 spiro atoms. The molecule has 2 heteroatoms. The monoisotopic (exact) mass is 238 g/mol. The average molecular weight is 238 g/mol. The molecule has 0 saturated heterocycles. The van der Waals surface area contributed by atoms with Crippen molar-refractivity contribution in [2.75, 3.05) is 5.75 Å². The fourth-order valence-corrected chi connectivity index (χ4v) is 2.97. The molecule has 16 heavy (non-hydrogen) atoms. The Hall–Kier alpha value is -0.470. The van der Waals surface area contributed by atoms with Crippen LogP contribution in [0.15, 0.2) is 35.2 Å². The summed E-state index contributed by atoms with van der Waals surface area (Å²) in [5.74, 6) is 1.44. The lowest BCUT2D eigenvalue weighted by molar-refractivity contribution is 0.107. The number of hydrogen-bond donors (Lipinski definition) is 1. The number of thioether (sulfide) groups is 1. The van der Waals surface area contributed by atoms with Crippen LogP contribution < -0.4 is 0 Å². The average Bonchev–Trinajstić information content (AvgIpc) is 2.31. The van der Waals surface area contributed by atoms with Gasteiger partial charge >= 0.3 is 0 Å². The van der Waals surface area contributed by atoms with Crippen LogP contribution in [0, 0.1) is 5.92 Å². The number of aliphatic hydroxyl groups is 1. The lowest BCUT2D eigenvalue weighted by Crippen LogP contribution is -2.21. The standard InChI is InChI=1S/C14H22OS/c1-3-8-14(15)12(4-2)11-16-13-9-6-5-7-10-13/h5-7,9-10,12,14-15H,3-4,8,11H2,1-2H3/t12-,14+/m1/s1. The first kappa shape index (κ1) is 13.6. The number of hydrogen-bond acceptors (Lipinski definition) is 2. The van der Waals surface area contributed by atoms with Crippen molar-refractivity contribution in [2.24, 2.45) is 5.92 Å². The molecular weight excluding hydrogens is 216 g/mol. The lowest BCUT2D eigenvalue weighted by atomic mass is 9.98. The highest BCUT2D eigenvalue weighted by molar-refractivity contribution is 7.99. The Labute approximate surface area is 103 Å². The Morgan fingerprint density at radius 3 is 2.44 bits per heavy atom. The van der Waals surface area contributed by atoms with Crippen LogP contribution in [0.2, 0.25) is 0 Å². The van der Waals surface area contributed by atoms with Crippen LogP contribution >= 0.6 is 11.8 Å². The normalized spacial score (nSPS) is 14.7. The van der Waals surface area contributed by atoms with Crippen LogP contribution in [-0.2, 0) is 0 Å². The van der Waals surface area contributed by atoms with Gasteiger partial charge in [0, 0.05) is 10.6 Å². The molecule has 1 N–H and O–H groups in total. The molecule has 0 heterocycles. The van der Waals surface area contributed by atoms with E-state index in [4.69, 9.17) is 0 Å². The summed E-state index contributed by atoms with van der Waals surface area (Å²) in [4.78, 5) is 1.30. The van der Waals surface area contributed by atoms with Crippen LogP contribution in [0.25, 0.3) is 0 Å². The Bertz CT molecular complexity index is 273. The second kappa shape index (κ2) is 7.75. The van der Waals surface area contributed by atoms with Gasteiger partial charge in [-0.05, 0) is 24.5 Å². The minimum absolute atomic E-state index is 0.133. The predicted octanol–water partition coefficient (Wildman–Crippen LogP) is 3.97. The molecule has 0 aliphatic rings. The van der Waals surface area contributed by atoms with Gasteiger partial charge in [0.25, 0.3) is 0 Å². The number of benzene rings is 1. The third kappa shape index (κ3) is 4.58. The largest absolute Gasteiger partial charge is 0.393 e. The van der Waals surface area contributed by atoms with E-state index in [0.29, 0.717) is 5.92 Å². The van der Waals surface area contributed by atoms with Gasteiger partial charge in [-0.15, -0.1) is 11.8 Å². The second-order valence-electron chi connectivity index (χ2n) is 4.15. The van der Waals surface area contributed by atoms with Crippen molar-refractivity contribution in [1.82, 2.24) is 0 Å². The smallest absolute Gasteiger partial charge is 0.0576 e. The van der Waals surface area contributed by atoms with Crippen LogP contribution in [0.3, 0.4) is 0 Å². The van der Waals surface area contributed by atoms with Gasteiger partial charge in [-0.2, -0.15) is 0 Å². The third-order valence-electron chi connectivity index (χ3n) is 2.86. The Morgan fingerprint density at radius 1 is 1.19 bits per heavy atom. The molecule has 90 valence electrons. The second-order valence-corrected chi connectivity index (χ2v) is 5.24. The van der Waals surface area contributed by atoms with Crippen molar-refractivity contribution in [3.8, 4) is 0 Å². The molecule has 0 saturated carbocycles. The van der Waals surface area contributed by atoms with E-state index in [1.54, 1.807) is 0 Å². The van der Waals surface area contributed by atoms with Gasteiger partial charge in [0.15, 0.2) is 0 Å². The fraction of sp³-hybridized carbons (Fsp3) is 0.571. The maximum atomic E-state index is 9.97. The zero-order chi connectivity index (χ0) is 11.8. The topological polar surface area (TPSA) is 20.2 Å². The molecule has 0 aromatic heterocycles. The molecule has 0 aliphatic heterocycles. The highest BCUT2D eigenvalue weighted by atomic mass is 32.2. The minimum atomic E-state index is -0.133. The van der Waals surface area contributed by atoms with E-state index in [2.05, 4.69) is 38.1 Å². The van der Waals surface area contributed by atoms with Crippen molar-refractivity contribution < 1.29 is 5.11 Å². The molecule has 0 bridgehead atoms. The summed E-state index contributed by atoms with van der Waals surface area (Å²) in [6, 6.07) is 10.4. The summed E-state index contributed by atoms with van der Waals surface area (Å²) in [6.45, 7) is 4.29. The first-order chi connectivity index (χ1) is 7.77. The lowest BCUT2D eigenvalue weighted by Gasteiger charge is -2.20. The van der Waals surface area contributed by atoms with Crippen LogP contribution in [0.4, 0.5) is 0 Å². The van der Waals surface area contributed by atoms with Crippen molar-refractivity contribution in [3.05, 3.63) is 30.3 Å². The van der Waals surface area contributed by atoms with Gasteiger partial charge in [-0.25, -0.2) is 0 Å². The quantitative estimate of drug-likeness (QED) is 0.725. The van der Waals surface area contributed by atoms with Crippen LogP contribution in [0.1, 0.15) is 33.1 Å². The molecule has 2 atom stereocenters. The van der Waals surface area contributed by atoms with E-state index in [1.807, 2.05) is 17.8 Å². The van der Waals surface area contributed by atoms with Gasteiger partial charge in [0.05, 0.1) is 6.10 Å². The van der Waals surface area contributed by atoms with E-state index < -0.39 is 0 Å². The van der Waals surface area contributed by atoms with Crippen molar-refractivity contribution in [1.29, 1.82) is 0 Å². The Morgan fingerprint density at radius 2 is 1.88 bits per heavy atom. The van der Waals surface area contributed by atoms with E-state index in [1.165, 1.54) is 4.90 Å². The van der Waals surface area contributed by atoms with Crippen LogP contribution in [0.5, 0.6) is 0 Å². The van der Waals surface area contributed by atoms with E-state index in [-0.39, 0.29) is 6.10 Å². The van der Waals surface area contributed by atoms with Gasteiger partial charge in [-0.3, -0.25) is 0 Å². The molecule has 0 radical (unpaired) electrons. The molecule has 0 fully saturated rings. The molecule has 0 unspecified atom stereocenters. The van der Waals surface area contributed by atoms with Gasteiger partial charge in [0.1, 0.15) is 0 Å². The SMILES string of the molecule is CCC[C@H](O)[C@H](CC)CSc1ccccc1. The first-order valence-electron chi connectivity index (χ1n) is 6.13. The van der Waals surface area contributed by atoms with Crippen molar-refractivity contribution in [2.45, 2.75) is 44.1 Å². The number of aliphatic hydroxyl groups excluding tert-OH is 1. The van der Waals surface area contributed by atoms with Gasteiger partial charge in [-0.1, -0.05) is 44.9 Å². The maximum absolute atomic E-state index is 9.97. The first-order valence-corrected chi connectivity index (χ1v) is 7.12. The Kier molecular flexibility index (Phi) is 6.58. The zero-order valence-corrected chi connectivity index (χ0v) is 11.0. The summed E-state index contributed by atoms with van der Waals surface area (Å²) in [7, 11) is 0. The molecule has 0 amide bonds. The maximum Gasteiger partial charge on any atom is 0.0576 e. The fourth-order valence-electron chi connectivity index (χ4n) is 1.75. The highest BCUT2D eigenvalue weighted by Gasteiger charge is 2.16. The molecule has 1 rings (SSSR count). The molecule has 1 nitrogen and oxygen atoms in total. The molecular formula is C14H22OS. The molecule has 1 aromatic rings.